The Morgan fingerprint density at radius 1 is 1.60 bits per heavy atom. The van der Waals surface area contributed by atoms with Gasteiger partial charge in [-0.05, 0) is 32.4 Å². The lowest BCUT2D eigenvalue weighted by molar-refractivity contribution is -0.137. The number of furan rings is 1. The maximum absolute atomic E-state index is 10.4. The summed E-state index contributed by atoms with van der Waals surface area (Å²) in [5, 5.41) is 11.8. The molecule has 4 nitrogen and oxygen atoms in total. The Kier molecular flexibility index (Phi) is 4.37. The SMILES string of the molecule is CC(CCC(=O)O)NC(C)c1ccco1. The molecule has 0 saturated carbocycles. The Bertz CT molecular complexity index is 295. The van der Waals surface area contributed by atoms with Crippen LogP contribution in [0, 0.1) is 0 Å². The normalized spacial score (nSPS) is 14.8. The average molecular weight is 211 g/mol. The van der Waals surface area contributed by atoms with E-state index in [9.17, 15) is 4.79 Å². The van der Waals surface area contributed by atoms with Gasteiger partial charge in [0.05, 0.1) is 12.3 Å². The molecule has 0 aromatic carbocycles. The van der Waals surface area contributed by atoms with Crippen LogP contribution in [-0.4, -0.2) is 17.1 Å². The van der Waals surface area contributed by atoms with Crippen molar-refractivity contribution in [1.29, 1.82) is 0 Å². The highest BCUT2D eigenvalue weighted by atomic mass is 16.4. The predicted molar refractivity (Wildman–Crippen MR) is 56.6 cm³/mol. The van der Waals surface area contributed by atoms with Crippen molar-refractivity contribution >= 4 is 5.97 Å². The molecule has 0 bridgehead atoms. The second kappa shape index (κ2) is 5.56. The summed E-state index contributed by atoms with van der Waals surface area (Å²) in [6.07, 6.45) is 2.45. The molecule has 2 atom stereocenters. The quantitative estimate of drug-likeness (QED) is 0.757. The largest absolute Gasteiger partial charge is 0.481 e. The Morgan fingerprint density at radius 3 is 2.87 bits per heavy atom. The van der Waals surface area contributed by atoms with Crippen LogP contribution in [0.25, 0.3) is 0 Å². The minimum Gasteiger partial charge on any atom is -0.481 e. The zero-order valence-corrected chi connectivity index (χ0v) is 9.06. The van der Waals surface area contributed by atoms with Crippen molar-refractivity contribution in [3.05, 3.63) is 24.2 Å². The minimum absolute atomic E-state index is 0.115. The van der Waals surface area contributed by atoms with Crippen molar-refractivity contribution in [2.24, 2.45) is 0 Å². The highest BCUT2D eigenvalue weighted by Crippen LogP contribution is 2.13. The van der Waals surface area contributed by atoms with Gasteiger partial charge < -0.3 is 14.8 Å². The first-order chi connectivity index (χ1) is 7.09. The first-order valence-electron chi connectivity index (χ1n) is 5.11. The number of hydrogen-bond acceptors (Lipinski definition) is 3. The van der Waals surface area contributed by atoms with E-state index >= 15 is 0 Å². The number of aliphatic carboxylic acids is 1. The van der Waals surface area contributed by atoms with Crippen LogP contribution in [0.3, 0.4) is 0 Å². The van der Waals surface area contributed by atoms with E-state index in [0.717, 1.165) is 5.76 Å². The van der Waals surface area contributed by atoms with Crippen molar-refractivity contribution in [3.63, 3.8) is 0 Å². The van der Waals surface area contributed by atoms with Crippen molar-refractivity contribution in [3.8, 4) is 0 Å². The van der Waals surface area contributed by atoms with Gasteiger partial charge >= 0.3 is 5.97 Å². The molecule has 0 fully saturated rings. The molecule has 1 aromatic heterocycles. The number of carboxylic acid groups (broad SMARTS) is 1. The molecule has 0 saturated heterocycles. The van der Waals surface area contributed by atoms with Crippen LogP contribution in [0.15, 0.2) is 22.8 Å². The number of nitrogens with one attached hydrogen (secondary N) is 1. The maximum atomic E-state index is 10.4. The fourth-order valence-corrected chi connectivity index (χ4v) is 1.47. The summed E-state index contributed by atoms with van der Waals surface area (Å²) in [6.45, 7) is 3.97. The van der Waals surface area contributed by atoms with Crippen LogP contribution in [0.1, 0.15) is 38.5 Å². The van der Waals surface area contributed by atoms with Gasteiger partial charge in [-0.15, -0.1) is 0 Å². The number of hydrogen-bond donors (Lipinski definition) is 2. The highest BCUT2D eigenvalue weighted by Gasteiger charge is 2.12. The Labute approximate surface area is 89.3 Å². The molecule has 1 aromatic rings. The monoisotopic (exact) mass is 211 g/mol. The summed E-state index contributed by atoms with van der Waals surface area (Å²) in [5.41, 5.74) is 0. The highest BCUT2D eigenvalue weighted by molar-refractivity contribution is 5.66. The molecule has 84 valence electrons. The van der Waals surface area contributed by atoms with E-state index in [1.807, 2.05) is 26.0 Å². The van der Waals surface area contributed by atoms with Crippen LogP contribution in [-0.2, 0) is 4.79 Å². The van der Waals surface area contributed by atoms with Gasteiger partial charge in [-0.25, -0.2) is 0 Å². The Balaban J connectivity index is 2.31. The van der Waals surface area contributed by atoms with E-state index in [1.165, 1.54) is 0 Å². The molecule has 0 amide bonds. The van der Waals surface area contributed by atoms with Crippen molar-refractivity contribution < 1.29 is 14.3 Å². The summed E-state index contributed by atoms with van der Waals surface area (Å²) >= 11 is 0. The molecule has 2 N–H and O–H groups in total. The topological polar surface area (TPSA) is 62.5 Å². The van der Waals surface area contributed by atoms with Crippen molar-refractivity contribution in [2.45, 2.75) is 38.8 Å². The molecule has 15 heavy (non-hydrogen) atoms. The fraction of sp³-hybridized carbons (Fsp3) is 0.545. The van der Waals surface area contributed by atoms with E-state index < -0.39 is 5.97 Å². The number of carbonyl (C=O) groups is 1. The molecule has 2 unspecified atom stereocenters. The summed E-state index contributed by atoms with van der Waals surface area (Å²) in [4.78, 5) is 10.4. The van der Waals surface area contributed by atoms with E-state index in [2.05, 4.69) is 5.32 Å². The lowest BCUT2D eigenvalue weighted by Gasteiger charge is -2.17. The molecule has 4 heteroatoms. The standard InChI is InChI=1S/C11H17NO3/c1-8(5-6-11(13)14)12-9(2)10-4-3-7-15-10/h3-4,7-9,12H,5-6H2,1-2H3,(H,13,14). The summed E-state index contributed by atoms with van der Waals surface area (Å²) < 4.78 is 5.24. The second-order valence-corrected chi connectivity index (χ2v) is 3.74. The van der Waals surface area contributed by atoms with E-state index in [4.69, 9.17) is 9.52 Å². The van der Waals surface area contributed by atoms with Crippen LogP contribution in [0.5, 0.6) is 0 Å². The lowest BCUT2D eigenvalue weighted by Crippen LogP contribution is -2.29. The molecular weight excluding hydrogens is 194 g/mol. The zero-order chi connectivity index (χ0) is 11.3. The van der Waals surface area contributed by atoms with Gasteiger partial charge in [0.25, 0.3) is 0 Å². The predicted octanol–water partition coefficient (Wildman–Crippen LogP) is 2.18. The van der Waals surface area contributed by atoms with Gasteiger partial charge in [-0.3, -0.25) is 4.79 Å². The van der Waals surface area contributed by atoms with Gasteiger partial charge in [0.15, 0.2) is 0 Å². The lowest BCUT2D eigenvalue weighted by atomic mass is 10.1. The summed E-state index contributed by atoms with van der Waals surface area (Å²) in [5.74, 6) is 0.117. The number of rotatable bonds is 6. The van der Waals surface area contributed by atoms with Gasteiger partial charge in [0, 0.05) is 12.5 Å². The summed E-state index contributed by atoms with van der Waals surface area (Å²) in [6, 6.07) is 4.03. The third-order valence-electron chi connectivity index (χ3n) is 2.30. The van der Waals surface area contributed by atoms with E-state index in [-0.39, 0.29) is 18.5 Å². The van der Waals surface area contributed by atoms with Gasteiger partial charge in [-0.1, -0.05) is 0 Å². The first-order valence-corrected chi connectivity index (χ1v) is 5.11. The third-order valence-corrected chi connectivity index (χ3v) is 2.30. The van der Waals surface area contributed by atoms with Crippen molar-refractivity contribution in [2.75, 3.05) is 0 Å². The first kappa shape index (κ1) is 11.8. The molecule has 0 aliphatic heterocycles. The van der Waals surface area contributed by atoms with Crippen LogP contribution < -0.4 is 5.32 Å². The maximum Gasteiger partial charge on any atom is 0.303 e. The van der Waals surface area contributed by atoms with Gasteiger partial charge in [0.2, 0.25) is 0 Å². The zero-order valence-electron chi connectivity index (χ0n) is 9.06. The Morgan fingerprint density at radius 2 is 2.33 bits per heavy atom. The fourth-order valence-electron chi connectivity index (χ4n) is 1.47. The molecule has 0 aliphatic rings. The van der Waals surface area contributed by atoms with Crippen LogP contribution >= 0.6 is 0 Å². The number of carboxylic acids is 1. The second-order valence-electron chi connectivity index (χ2n) is 3.74. The molecule has 0 radical (unpaired) electrons. The average Bonchev–Trinajstić information content (AvgIpc) is 2.67. The van der Waals surface area contributed by atoms with Crippen molar-refractivity contribution in [1.82, 2.24) is 5.32 Å². The van der Waals surface area contributed by atoms with E-state index in [0.29, 0.717) is 6.42 Å². The van der Waals surface area contributed by atoms with Gasteiger partial charge in [-0.2, -0.15) is 0 Å². The summed E-state index contributed by atoms with van der Waals surface area (Å²) in [7, 11) is 0. The Hall–Kier alpha value is -1.29. The van der Waals surface area contributed by atoms with Crippen LogP contribution in [0.2, 0.25) is 0 Å². The molecule has 1 rings (SSSR count). The minimum atomic E-state index is -0.755. The smallest absolute Gasteiger partial charge is 0.303 e. The van der Waals surface area contributed by atoms with Gasteiger partial charge in [0.1, 0.15) is 5.76 Å². The molecule has 1 heterocycles. The molecule has 0 spiro atoms. The van der Waals surface area contributed by atoms with E-state index in [1.54, 1.807) is 6.26 Å². The van der Waals surface area contributed by atoms with Crippen LogP contribution in [0.4, 0.5) is 0 Å². The molecular formula is C11H17NO3. The molecule has 0 aliphatic carbocycles. The third kappa shape index (κ3) is 4.16.